The molecule has 5 N–H and O–H groups in total. The molecule has 0 bridgehead atoms. The molecule has 7 nitrogen and oxygen atoms in total. The number of phenolic OH excluding ortho intramolecular Hbond substituents is 2. The largest absolute Gasteiger partial charge is 0.504 e. The molecule has 0 aromatic heterocycles. The molecule has 0 heterocycles. The molecule has 27 heavy (non-hydrogen) atoms. The van der Waals surface area contributed by atoms with Gasteiger partial charge in [-0.25, -0.2) is 13.6 Å². The molecule has 0 saturated heterocycles. The number of rotatable bonds is 4. The SMILES string of the molecule is NS(=O)(=O)c1ccc(NC(=O)/C=C/c2ccc(O)c(O)c2)c2c1CCCC2. The lowest BCUT2D eigenvalue weighted by Crippen LogP contribution is -2.19. The summed E-state index contributed by atoms with van der Waals surface area (Å²) in [5.74, 6) is -0.901. The van der Waals surface area contributed by atoms with Crippen LogP contribution >= 0.6 is 0 Å². The summed E-state index contributed by atoms with van der Waals surface area (Å²) in [4.78, 5) is 12.4. The fourth-order valence-corrected chi connectivity index (χ4v) is 4.04. The van der Waals surface area contributed by atoms with Crippen molar-refractivity contribution < 1.29 is 23.4 Å². The van der Waals surface area contributed by atoms with Crippen LogP contribution in [0, 0.1) is 0 Å². The van der Waals surface area contributed by atoms with E-state index in [1.807, 2.05) is 0 Å². The van der Waals surface area contributed by atoms with Gasteiger partial charge in [0, 0.05) is 11.8 Å². The zero-order chi connectivity index (χ0) is 19.6. The van der Waals surface area contributed by atoms with Crippen LogP contribution in [-0.4, -0.2) is 24.5 Å². The molecule has 1 aliphatic carbocycles. The molecule has 0 radical (unpaired) electrons. The molecular formula is C19H20N2O5S. The number of carbonyl (C=O) groups is 1. The van der Waals surface area contributed by atoms with E-state index in [1.165, 1.54) is 30.4 Å². The Kier molecular flexibility index (Phi) is 5.20. The van der Waals surface area contributed by atoms with Crippen molar-refractivity contribution in [3.05, 3.63) is 53.1 Å². The Morgan fingerprint density at radius 3 is 2.41 bits per heavy atom. The summed E-state index contributed by atoms with van der Waals surface area (Å²) in [5.41, 5.74) is 2.60. The minimum atomic E-state index is -3.81. The number of phenols is 2. The average molecular weight is 388 g/mol. The summed E-state index contributed by atoms with van der Waals surface area (Å²) in [6.45, 7) is 0. The molecule has 0 atom stereocenters. The first-order valence-corrected chi connectivity index (χ1v) is 9.99. The summed E-state index contributed by atoms with van der Waals surface area (Å²) in [7, 11) is -3.81. The standard InChI is InChI=1S/C19H20N2O5S/c20-27(25,26)18-9-7-15(13-3-1-2-4-14(13)18)21-19(24)10-6-12-5-8-16(22)17(23)11-12/h5-11,22-23H,1-4H2,(H,21,24)(H2,20,25,26)/b10-6+. The van der Waals surface area contributed by atoms with Crippen molar-refractivity contribution in [2.45, 2.75) is 30.6 Å². The van der Waals surface area contributed by atoms with Gasteiger partial charge in [-0.1, -0.05) is 6.07 Å². The highest BCUT2D eigenvalue weighted by Crippen LogP contribution is 2.32. The van der Waals surface area contributed by atoms with Gasteiger partial charge in [0.1, 0.15) is 0 Å². The van der Waals surface area contributed by atoms with Gasteiger partial charge in [-0.2, -0.15) is 0 Å². The van der Waals surface area contributed by atoms with E-state index in [9.17, 15) is 23.4 Å². The van der Waals surface area contributed by atoms with Gasteiger partial charge in [0.25, 0.3) is 0 Å². The zero-order valence-corrected chi connectivity index (χ0v) is 15.3. The van der Waals surface area contributed by atoms with E-state index in [0.29, 0.717) is 29.7 Å². The quantitative estimate of drug-likeness (QED) is 0.472. The van der Waals surface area contributed by atoms with Crippen molar-refractivity contribution in [2.24, 2.45) is 5.14 Å². The van der Waals surface area contributed by atoms with E-state index >= 15 is 0 Å². The number of anilines is 1. The van der Waals surface area contributed by atoms with Crippen LogP contribution < -0.4 is 10.5 Å². The van der Waals surface area contributed by atoms with E-state index in [-0.39, 0.29) is 16.4 Å². The van der Waals surface area contributed by atoms with E-state index in [4.69, 9.17) is 5.14 Å². The van der Waals surface area contributed by atoms with Gasteiger partial charge in [0.05, 0.1) is 4.90 Å². The number of hydrogen-bond acceptors (Lipinski definition) is 5. The number of primary sulfonamides is 1. The van der Waals surface area contributed by atoms with Crippen molar-refractivity contribution in [1.82, 2.24) is 0 Å². The molecule has 2 aromatic rings. The zero-order valence-electron chi connectivity index (χ0n) is 14.5. The van der Waals surface area contributed by atoms with Crippen LogP contribution in [0.3, 0.4) is 0 Å². The molecule has 2 aromatic carbocycles. The molecule has 3 rings (SSSR count). The molecule has 0 fully saturated rings. The van der Waals surface area contributed by atoms with Crippen molar-refractivity contribution in [3.63, 3.8) is 0 Å². The van der Waals surface area contributed by atoms with E-state index in [2.05, 4.69) is 5.32 Å². The number of carbonyl (C=O) groups excluding carboxylic acids is 1. The van der Waals surface area contributed by atoms with Crippen LogP contribution in [0.2, 0.25) is 0 Å². The van der Waals surface area contributed by atoms with Crippen LogP contribution in [0.5, 0.6) is 11.5 Å². The lowest BCUT2D eigenvalue weighted by Gasteiger charge is -2.22. The summed E-state index contributed by atoms with van der Waals surface area (Å²) in [6.07, 6.45) is 5.86. The molecule has 142 valence electrons. The number of aromatic hydroxyl groups is 2. The Hall–Kier alpha value is -2.84. The third kappa shape index (κ3) is 4.29. The monoisotopic (exact) mass is 388 g/mol. The maximum absolute atomic E-state index is 12.3. The fourth-order valence-electron chi connectivity index (χ4n) is 3.21. The molecule has 0 unspecified atom stereocenters. The Labute approximate surface area is 157 Å². The summed E-state index contributed by atoms with van der Waals surface area (Å²) in [5, 5.41) is 26.9. The summed E-state index contributed by atoms with van der Waals surface area (Å²) < 4.78 is 23.6. The number of fused-ring (bicyclic) bond motifs is 1. The molecule has 0 spiro atoms. The molecule has 8 heteroatoms. The van der Waals surface area contributed by atoms with Gasteiger partial charge in [0.2, 0.25) is 15.9 Å². The van der Waals surface area contributed by atoms with Crippen molar-refractivity contribution in [2.75, 3.05) is 5.32 Å². The second-order valence-corrected chi connectivity index (χ2v) is 7.92. The number of sulfonamides is 1. The Bertz CT molecular complexity index is 1030. The molecule has 1 amide bonds. The Balaban J connectivity index is 1.84. The Morgan fingerprint density at radius 2 is 1.74 bits per heavy atom. The maximum Gasteiger partial charge on any atom is 0.248 e. The van der Waals surface area contributed by atoms with E-state index in [1.54, 1.807) is 12.1 Å². The highest BCUT2D eigenvalue weighted by atomic mass is 32.2. The molecule has 1 aliphatic rings. The molecule has 0 aliphatic heterocycles. The number of nitrogens with one attached hydrogen (secondary N) is 1. The lowest BCUT2D eigenvalue weighted by atomic mass is 9.90. The van der Waals surface area contributed by atoms with Crippen LogP contribution in [0.25, 0.3) is 6.08 Å². The maximum atomic E-state index is 12.3. The smallest absolute Gasteiger partial charge is 0.248 e. The summed E-state index contributed by atoms with van der Waals surface area (Å²) in [6, 6.07) is 7.21. The van der Waals surface area contributed by atoms with Gasteiger partial charge in [-0.3, -0.25) is 4.79 Å². The third-order valence-electron chi connectivity index (χ3n) is 4.48. The second-order valence-electron chi connectivity index (χ2n) is 6.39. The second kappa shape index (κ2) is 7.42. The number of benzene rings is 2. The number of nitrogens with two attached hydrogens (primary N) is 1. The third-order valence-corrected chi connectivity index (χ3v) is 5.48. The normalized spacial score (nSPS) is 14.1. The van der Waals surface area contributed by atoms with E-state index in [0.717, 1.165) is 18.4 Å². The number of hydrogen-bond donors (Lipinski definition) is 4. The van der Waals surface area contributed by atoms with Crippen molar-refractivity contribution >= 4 is 27.7 Å². The Morgan fingerprint density at radius 1 is 1.04 bits per heavy atom. The number of amides is 1. The topological polar surface area (TPSA) is 130 Å². The molecule has 0 saturated carbocycles. The van der Waals surface area contributed by atoms with Gasteiger partial charge < -0.3 is 15.5 Å². The van der Waals surface area contributed by atoms with E-state index < -0.39 is 15.9 Å². The predicted octanol–water partition coefficient (Wildman–Crippen LogP) is 2.28. The first-order valence-electron chi connectivity index (χ1n) is 8.44. The van der Waals surface area contributed by atoms with Crippen LogP contribution in [-0.2, 0) is 27.7 Å². The van der Waals surface area contributed by atoms with Crippen LogP contribution in [0.15, 0.2) is 41.3 Å². The minimum Gasteiger partial charge on any atom is -0.504 e. The first kappa shape index (κ1) is 18.9. The highest BCUT2D eigenvalue weighted by molar-refractivity contribution is 7.89. The van der Waals surface area contributed by atoms with Gasteiger partial charge in [0.15, 0.2) is 11.5 Å². The van der Waals surface area contributed by atoms with Crippen molar-refractivity contribution in [1.29, 1.82) is 0 Å². The lowest BCUT2D eigenvalue weighted by molar-refractivity contribution is -0.111. The first-order chi connectivity index (χ1) is 12.8. The highest BCUT2D eigenvalue weighted by Gasteiger charge is 2.22. The van der Waals surface area contributed by atoms with Crippen molar-refractivity contribution in [3.8, 4) is 11.5 Å². The fraction of sp³-hybridized carbons (Fsp3) is 0.211. The minimum absolute atomic E-state index is 0.116. The van der Waals surface area contributed by atoms with Gasteiger partial charge >= 0.3 is 0 Å². The summed E-state index contributed by atoms with van der Waals surface area (Å²) >= 11 is 0. The van der Waals surface area contributed by atoms with Crippen LogP contribution in [0.1, 0.15) is 29.5 Å². The van der Waals surface area contributed by atoms with Gasteiger partial charge in [-0.15, -0.1) is 0 Å². The molecular weight excluding hydrogens is 368 g/mol. The average Bonchev–Trinajstić information content (AvgIpc) is 2.62. The van der Waals surface area contributed by atoms with Crippen LogP contribution in [0.4, 0.5) is 5.69 Å². The predicted molar refractivity (Wildman–Crippen MR) is 102 cm³/mol. The van der Waals surface area contributed by atoms with Gasteiger partial charge in [-0.05, 0) is 72.7 Å².